The SMILES string of the molecule is CCC(NC(=O)CCC(N)C(=O)O)C(=O)NCC(=O)O. The van der Waals surface area contributed by atoms with Gasteiger partial charge in [0.05, 0.1) is 0 Å². The molecule has 0 bridgehead atoms. The zero-order chi connectivity index (χ0) is 15.7. The van der Waals surface area contributed by atoms with E-state index in [1.165, 1.54) is 0 Å². The summed E-state index contributed by atoms with van der Waals surface area (Å²) < 4.78 is 0. The Morgan fingerprint density at radius 3 is 2.25 bits per heavy atom. The minimum absolute atomic E-state index is 0.0473. The topological polar surface area (TPSA) is 159 Å². The first-order valence-electron chi connectivity index (χ1n) is 6.05. The lowest BCUT2D eigenvalue weighted by Gasteiger charge is -2.16. The van der Waals surface area contributed by atoms with Crippen molar-refractivity contribution in [2.24, 2.45) is 5.73 Å². The predicted octanol–water partition coefficient (Wildman–Crippen LogP) is -1.73. The van der Waals surface area contributed by atoms with Crippen molar-refractivity contribution >= 4 is 23.8 Å². The van der Waals surface area contributed by atoms with Gasteiger partial charge in [0.15, 0.2) is 0 Å². The van der Waals surface area contributed by atoms with Crippen LogP contribution in [0.25, 0.3) is 0 Å². The summed E-state index contributed by atoms with van der Waals surface area (Å²) in [6.45, 7) is 1.11. The molecule has 0 radical (unpaired) electrons. The van der Waals surface area contributed by atoms with E-state index in [9.17, 15) is 19.2 Å². The number of nitrogens with one attached hydrogen (secondary N) is 2. The third-order valence-corrected chi connectivity index (χ3v) is 2.47. The van der Waals surface area contributed by atoms with Crippen LogP contribution in [0.1, 0.15) is 26.2 Å². The second-order valence-electron chi connectivity index (χ2n) is 4.12. The Balaban J connectivity index is 4.21. The lowest BCUT2D eigenvalue weighted by Crippen LogP contribution is -2.47. The van der Waals surface area contributed by atoms with Crippen molar-refractivity contribution < 1.29 is 29.4 Å². The molecule has 9 heteroatoms. The number of carboxylic acid groups (broad SMARTS) is 2. The lowest BCUT2D eigenvalue weighted by atomic mass is 10.1. The number of hydrogen-bond donors (Lipinski definition) is 5. The fraction of sp³-hybridized carbons (Fsp3) is 0.636. The molecule has 0 aromatic carbocycles. The highest BCUT2D eigenvalue weighted by atomic mass is 16.4. The zero-order valence-corrected chi connectivity index (χ0v) is 11.1. The first-order valence-corrected chi connectivity index (χ1v) is 6.05. The number of carbonyl (C=O) groups is 4. The molecule has 0 spiro atoms. The van der Waals surface area contributed by atoms with Crippen LogP contribution in [-0.2, 0) is 19.2 Å². The molecule has 0 rings (SSSR count). The van der Waals surface area contributed by atoms with E-state index in [1.807, 2.05) is 0 Å². The summed E-state index contributed by atoms with van der Waals surface area (Å²) in [4.78, 5) is 43.9. The Bertz CT molecular complexity index is 384. The number of nitrogens with two attached hydrogens (primary N) is 1. The van der Waals surface area contributed by atoms with Crippen LogP contribution in [0, 0.1) is 0 Å². The Morgan fingerprint density at radius 1 is 1.20 bits per heavy atom. The molecule has 0 fully saturated rings. The molecule has 0 aromatic rings. The normalized spacial score (nSPS) is 13.1. The molecule has 2 unspecified atom stereocenters. The number of hydrogen-bond acceptors (Lipinski definition) is 5. The van der Waals surface area contributed by atoms with Crippen LogP contribution in [0.5, 0.6) is 0 Å². The van der Waals surface area contributed by atoms with Gasteiger partial charge in [-0.15, -0.1) is 0 Å². The van der Waals surface area contributed by atoms with Crippen LogP contribution in [0.15, 0.2) is 0 Å². The molecule has 0 saturated heterocycles. The first kappa shape index (κ1) is 17.8. The summed E-state index contributed by atoms with van der Waals surface area (Å²) in [6.07, 6.45) is 0.104. The molecule has 20 heavy (non-hydrogen) atoms. The van der Waals surface area contributed by atoms with Gasteiger partial charge >= 0.3 is 11.9 Å². The van der Waals surface area contributed by atoms with E-state index >= 15 is 0 Å². The fourth-order valence-electron chi connectivity index (χ4n) is 1.32. The number of aliphatic carboxylic acids is 2. The van der Waals surface area contributed by atoms with Crippen molar-refractivity contribution in [1.29, 1.82) is 0 Å². The van der Waals surface area contributed by atoms with Gasteiger partial charge in [-0.1, -0.05) is 6.92 Å². The molecule has 0 aromatic heterocycles. The van der Waals surface area contributed by atoms with Crippen molar-refractivity contribution in [2.45, 2.75) is 38.3 Å². The van der Waals surface area contributed by atoms with Crippen LogP contribution in [0.3, 0.4) is 0 Å². The van der Waals surface area contributed by atoms with E-state index in [4.69, 9.17) is 15.9 Å². The predicted molar refractivity (Wildman–Crippen MR) is 67.7 cm³/mol. The molecule has 0 aliphatic heterocycles. The molecule has 6 N–H and O–H groups in total. The number of rotatable bonds is 9. The summed E-state index contributed by atoms with van der Waals surface area (Å²) in [5.41, 5.74) is 5.24. The highest BCUT2D eigenvalue weighted by Gasteiger charge is 2.20. The van der Waals surface area contributed by atoms with Crippen molar-refractivity contribution in [2.75, 3.05) is 6.54 Å². The summed E-state index contributed by atoms with van der Waals surface area (Å²) in [5.74, 6) is -3.51. The van der Waals surface area contributed by atoms with Gasteiger partial charge in [-0.3, -0.25) is 19.2 Å². The minimum atomic E-state index is -1.20. The van der Waals surface area contributed by atoms with Crippen LogP contribution in [0.2, 0.25) is 0 Å². The Labute approximate surface area is 115 Å². The Morgan fingerprint density at radius 2 is 1.80 bits per heavy atom. The number of carboxylic acids is 2. The average Bonchev–Trinajstić information content (AvgIpc) is 2.38. The van der Waals surface area contributed by atoms with Crippen LogP contribution >= 0.6 is 0 Å². The molecule has 2 atom stereocenters. The summed E-state index contributed by atoms with van der Waals surface area (Å²) in [5, 5.41) is 21.5. The van der Waals surface area contributed by atoms with Crippen LogP contribution in [0.4, 0.5) is 0 Å². The van der Waals surface area contributed by atoms with Crippen molar-refractivity contribution in [1.82, 2.24) is 10.6 Å². The Kier molecular flexibility index (Phi) is 7.90. The van der Waals surface area contributed by atoms with Crippen LogP contribution in [-0.4, -0.2) is 52.6 Å². The van der Waals surface area contributed by atoms with Crippen LogP contribution < -0.4 is 16.4 Å². The first-order chi connectivity index (χ1) is 9.27. The van der Waals surface area contributed by atoms with E-state index in [0.29, 0.717) is 0 Å². The second kappa shape index (κ2) is 8.86. The largest absolute Gasteiger partial charge is 0.480 e. The van der Waals surface area contributed by atoms with Gasteiger partial charge in [-0.25, -0.2) is 0 Å². The van der Waals surface area contributed by atoms with Crippen molar-refractivity contribution in [3.63, 3.8) is 0 Å². The van der Waals surface area contributed by atoms with E-state index in [0.717, 1.165) is 0 Å². The monoisotopic (exact) mass is 289 g/mol. The van der Waals surface area contributed by atoms with Gasteiger partial charge in [0.1, 0.15) is 18.6 Å². The highest BCUT2D eigenvalue weighted by Crippen LogP contribution is 1.98. The molecule has 9 nitrogen and oxygen atoms in total. The van der Waals surface area contributed by atoms with Gasteiger partial charge in [-0.05, 0) is 12.8 Å². The van der Waals surface area contributed by atoms with Crippen molar-refractivity contribution in [3.8, 4) is 0 Å². The summed E-state index contributed by atoms with van der Waals surface area (Å²) >= 11 is 0. The average molecular weight is 289 g/mol. The van der Waals surface area contributed by atoms with Gasteiger partial charge < -0.3 is 26.6 Å². The maximum atomic E-state index is 11.6. The molecule has 0 aliphatic carbocycles. The third-order valence-electron chi connectivity index (χ3n) is 2.47. The van der Waals surface area contributed by atoms with Gasteiger partial charge in [0.2, 0.25) is 11.8 Å². The molecule has 2 amide bonds. The summed E-state index contributed by atoms with van der Waals surface area (Å²) in [7, 11) is 0. The van der Waals surface area contributed by atoms with E-state index in [2.05, 4.69) is 10.6 Å². The molecular formula is C11H19N3O6. The maximum absolute atomic E-state index is 11.6. The molecule has 0 aliphatic rings. The zero-order valence-electron chi connectivity index (χ0n) is 11.1. The smallest absolute Gasteiger partial charge is 0.322 e. The van der Waals surface area contributed by atoms with E-state index in [-0.39, 0.29) is 19.3 Å². The second-order valence-corrected chi connectivity index (χ2v) is 4.12. The highest BCUT2D eigenvalue weighted by molar-refractivity contribution is 5.89. The Hall–Kier alpha value is -2.16. The lowest BCUT2D eigenvalue weighted by molar-refractivity contribution is -0.139. The maximum Gasteiger partial charge on any atom is 0.322 e. The minimum Gasteiger partial charge on any atom is -0.480 e. The quantitative estimate of drug-likeness (QED) is 0.337. The number of amides is 2. The van der Waals surface area contributed by atoms with Crippen molar-refractivity contribution in [3.05, 3.63) is 0 Å². The number of carbonyl (C=O) groups excluding carboxylic acids is 2. The molecule has 0 saturated carbocycles. The van der Waals surface area contributed by atoms with Gasteiger partial charge in [-0.2, -0.15) is 0 Å². The molecular weight excluding hydrogens is 270 g/mol. The van der Waals surface area contributed by atoms with E-state index < -0.39 is 42.4 Å². The molecule has 0 heterocycles. The van der Waals surface area contributed by atoms with Gasteiger partial charge in [0, 0.05) is 6.42 Å². The molecule has 114 valence electrons. The van der Waals surface area contributed by atoms with Gasteiger partial charge in [0.25, 0.3) is 0 Å². The third kappa shape index (κ3) is 7.31. The van der Waals surface area contributed by atoms with E-state index in [1.54, 1.807) is 6.92 Å². The fourth-order valence-corrected chi connectivity index (χ4v) is 1.32. The summed E-state index contributed by atoms with van der Waals surface area (Å²) in [6, 6.07) is -2.00. The standard InChI is InChI=1S/C11H19N3O6/c1-2-7(10(18)13-5-9(16)17)14-8(15)4-3-6(12)11(19)20/h6-7H,2-5,12H2,1H3,(H,13,18)(H,14,15)(H,16,17)(H,19,20).